The number of carbonyl (C=O) groups is 8. The Hall–Kier alpha value is -7.49. The molecular formula is C46H49N7O14. The highest BCUT2D eigenvalue weighted by molar-refractivity contribution is 6.24. The summed E-state index contributed by atoms with van der Waals surface area (Å²) in [6.07, 6.45) is 1.36. The molecule has 0 spiro atoms. The molecule has 0 radical (unpaired) electrons. The van der Waals surface area contributed by atoms with Gasteiger partial charge < -0.3 is 49.4 Å². The molecule has 8 amide bonds. The maximum atomic E-state index is 13.2. The fourth-order valence-corrected chi connectivity index (χ4v) is 7.69. The van der Waals surface area contributed by atoms with Gasteiger partial charge in [0.25, 0.3) is 35.4 Å². The molecule has 1 saturated heterocycles. The normalized spacial score (nSPS) is 16.3. The minimum atomic E-state index is -1.12. The van der Waals surface area contributed by atoms with Crippen molar-refractivity contribution in [2.75, 3.05) is 73.4 Å². The number of nitrogens with one attached hydrogen (secondary N) is 4. The topological polar surface area (TPSA) is 274 Å². The lowest BCUT2D eigenvalue weighted by Gasteiger charge is -2.27. The summed E-state index contributed by atoms with van der Waals surface area (Å²) in [5.74, 6) is -4.21. The summed E-state index contributed by atoms with van der Waals surface area (Å²) < 4.78 is 27.5. The van der Waals surface area contributed by atoms with Crippen LogP contribution >= 0.6 is 0 Å². The molecule has 5 N–H and O–H groups in total. The average Bonchev–Trinajstić information content (AvgIpc) is 4.03. The molecule has 1 aromatic heterocycles. The minimum absolute atomic E-state index is 0.00760. The lowest BCUT2D eigenvalue weighted by Crippen LogP contribution is -2.54. The Bertz CT molecular complexity index is 2570. The average molecular weight is 924 g/mol. The number of piperidine rings is 1. The molecule has 1 unspecified atom stereocenters. The Balaban J connectivity index is 0.729. The van der Waals surface area contributed by atoms with Gasteiger partial charge in [-0.05, 0) is 66.8 Å². The van der Waals surface area contributed by atoms with Crippen molar-refractivity contribution in [1.82, 2.24) is 36.2 Å². The molecule has 1 fully saturated rings. The molecule has 21 nitrogen and oxygen atoms in total. The summed E-state index contributed by atoms with van der Waals surface area (Å²) in [7, 11) is 3.16. The van der Waals surface area contributed by atoms with E-state index in [1.54, 1.807) is 32.3 Å². The van der Waals surface area contributed by atoms with Crippen LogP contribution in [0.5, 0.6) is 11.5 Å². The molecular weight excluding hydrogens is 875 g/mol. The Morgan fingerprint density at radius 1 is 0.836 bits per heavy atom. The van der Waals surface area contributed by atoms with Crippen molar-refractivity contribution in [3.8, 4) is 22.8 Å². The van der Waals surface area contributed by atoms with Crippen molar-refractivity contribution in [2.45, 2.75) is 37.8 Å². The summed E-state index contributed by atoms with van der Waals surface area (Å²) in [6, 6.07) is 14.2. The third-order valence-corrected chi connectivity index (χ3v) is 11.1. The van der Waals surface area contributed by atoms with E-state index < -0.39 is 48.1 Å². The minimum Gasteiger partial charge on any atom is -0.507 e. The molecule has 4 aromatic rings. The van der Waals surface area contributed by atoms with Crippen LogP contribution in [0.15, 0.2) is 65.2 Å². The summed E-state index contributed by atoms with van der Waals surface area (Å²) in [5.41, 5.74) is 2.88. The Labute approximate surface area is 383 Å². The number of hydrogen-bond acceptors (Lipinski definition) is 15. The van der Waals surface area contributed by atoms with Crippen LogP contribution in [0.1, 0.15) is 88.4 Å². The number of imide groups is 2. The molecule has 2 aliphatic heterocycles. The van der Waals surface area contributed by atoms with Crippen LogP contribution in [0, 0.1) is 0 Å². The number of benzene rings is 3. The monoisotopic (exact) mass is 923 g/mol. The van der Waals surface area contributed by atoms with Crippen molar-refractivity contribution in [1.29, 1.82) is 0 Å². The molecule has 0 bridgehead atoms. The number of phenolic OH excluding ortho intramolecular Hbond substituents is 1. The number of hydrogen-bond donors (Lipinski definition) is 5. The second-order valence-electron chi connectivity index (χ2n) is 15.8. The van der Waals surface area contributed by atoms with Gasteiger partial charge in [0, 0.05) is 50.8 Å². The summed E-state index contributed by atoms with van der Waals surface area (Å²) >= 11 is 0. The van der Waals surface area contributed by atoms with Crippen LogP contribution in [0.25, 0.3) is 11.3 Å². The van der Waals surface area contributed by atoms with Crippen molar-refractivity contribution in [3.63, 3.8) is 0 Å². The van der Waals surface area contributed by atoms with Crippen molar-refractivity contribution in [3.05, 3.63) is 99.7 Å². The van der Waals surface area contributed by atoms with Gasteiger partial charge in [-0.15, -0.1) is 0 Å². The predicted octanol–water partition coefficient (Wildman–Crippen LogP) is 1.54. The van der Waals surface area contributed by atoms with E-state index in [1.165, 1.54) is 41.3 Å². The molecule has 67 heavy (non-hydrogen) atoms. The number of aromatic hydroxyl groups is 1. The first-order chi connectivity index (χ1) is 32.3. The quantitative estimate of drug-likeness (QED) is 0.0586. The van der Waals surface area contributed by atoms with Crippen LogP contribution in [0.4, 0.5) is 0 Å². The standard InChI is InChI=1S/C46H49N7O14/c1-52(2)44(60)29-10-8-27(23-35(29)54)37-24-33(51-67-37)42(58)49-32-11-9-26-6-7-28(22-31(26)32)41(57)48-15-17-64-19-21-65-20-18-63-16-14-47-39(56)25-66-36-5-3-4-30-40(36)46(62)53(45(30)61)34-12-13-38(55)50-43(34)59/h3-8,10,22-24,32,34,54H,9,11-21,25H2,1-2H3,(H,47,56)(H,48,57)(H,49,58)(H,50,55,59)/t32-,34?/m1/s1. The lowest BCUT2D eigenvalue weighted by molar-refractivity contribution is -0.136. The highest BCUT2D eigenvalue weighted by Gasteiger charge is 2.46. The zero-order valence-electron chi connectivity index (χ0n) is 36.7. The van der Waals surface area contributed by atoms with Crippen molar-refractivity contribution < 1.29 is 66.9 Å². The highest BCUT2D eigenvalue weighted by atomic mass is 16.5. The number of nitrogens with zero attached hydrogens (tertiary/aromatic N) is 3. The van der Waals surface area contributed by atoms with Crippen molar-refractivity contribution in [2.24, 2.45) is 0 Å². The van der Waals surface area contributed by atoms with Gasteiger partial charge in [0.05, 0.1) is 62.4 Å². The number of amides is 8. The van der Waals surface area contributed by atoms with Crippen LogP contribution < -0.4 is 26.0 Å². The van der Waals surface area contributed by atoms with E-state index in [9.17, 15) is 43.5 Å². The van der Waals surface area contributed by atoms with Gasteiger partial charge in [-0.3, -0.25) is 48.6 Å². The Morgan fingerprint density at radius 3 is 2.28 bits per heavy atom. The van der Waals surface area contributed by atoms with E-state index >= 15 is 0 Å². The van der Waals surface area contributed by atoms with Gasteiger partial charge in [-0.2, -0.15) is 0 Å². The fourth-order valence-electron chi connectivity index (χ4n) is 7.69. The summed E-state index contributed by atoms with van der Waals surface area (Å²) in [5, 5.41) is 24.9. The number of phenols is 1. The first-order valence-corrected chi connectivity index (χ1v) is 21.5. The Morgan fingerprint density at radius 2 is 1.57 bits per heavy atom. The molecule has 7 rings (SSSR count). The van der Waals surface area contributed by atoms with Gasteiger partial charge in [0.2, 0.25) is 11.8 Å². The molecule has 352 valence electrons. The van der Waals surface area contributed by atoms with Gasteiger partial charge >= 0.3 is 0 Å². The molecule has 0 saturated carbocycles. The number of aromatic nitrogens is 1. The van der Waals surface area contributed by atoms with Crippen LogP contribution in [-0.2, 0) is 35.0 Å². The van der Waals surface area contributed by atoms with E-state index in [0.29, 0.717) is 24.0 Å². The molecule has 2 atom stereocenters. The third kappa shape index (κ3) is 11.3. The van der Waals surface area contributed by atoms with Gasteiger partial charge in [-0.25, -0.2) is 0 Å². The largest absolute Gasteiger partial charge is 0.507 e. The second kappa shape index (κ2) is 21.7. The van der Waals surface area contributed by atoms with E-state index in [2.05, 4.69) is 26.4 Å². The third-order valence-electron chi connectivity index (χ3n) is 11.1. The number of carbonyl (C=O) groups excluding carboxylic acids is 8. The zero-order valence-corrected chi connectivity index (χ0v) is 36.7. The number of ether oxygens (including phenoxy) is 4. The summed E-state index contributed by atoms with van der Waals surface area (Å²) in [6.45, 7) is 1.53. The smallest absolute Gasteiger partial charge is 0.273 e. The number of aryl methyl sites for hydroxylation is 1. The maximum absolute atomic E-state index is 13.2. The SMILES string of the molecule is CN(C)C(=O)c1ccc(-c2cc(C(=O)N[C@@H]3CCc4ccc(C(=O)NCCOCCOCCOCCNC(=O)COc5cccc6c5C(=O)N(C5CCC(=O)NC5=O)C6=O)cc43)no2)cc1O. The van der Waals surface area contributed by atoms with Crippen LogP contribution in [0.3, 0.4) is 0 Å². The first kappa shape index (κ1) is 47.5. The Kier molecular flexibility index (Phi) is 15.4. The van der Waals surface area contributed by atoms with Gasteiger partial charge in [0.1, 0.15) is 17.5 Å². The van der Waals surface area contributed by atoms with E-state index in [1.807, 2.05) is 6.07 Å². The maximum Gasteiger partial charge on any atom is 0.273 e. The predicted molar refractivity (Wildman–Crippen MR) is 233 cm³/mol. The van der Waals surface area contributed by atoms with Crippen LogP contribution in [0.2, 0.25) is 0 Å². The van der Waals surface area contributed by atoms with Gasteiger partial charge in [0.15, 0.2) is 18.1 Å². The number of rotatable bonds is 21. The number of fused-ring (bicyclic) bond motifs is 2. The zero-order chi connectivity index (χ0) is 47.6. The van der Waals surface area contributed by atoms with E-state index in [0.717, 1.165) is 16.0 Å². The van der Waals surface area contributed by atoms with Crippen LogP contribution in [-0.4, -0.2) is 147 Å². The van der Waals surface area contributed by atoms with E-state index in [-0.39, 0.29) is 123 Å². The first-order valence-electron chi connectivity index (χ1n) is 21.5. The van der Waals surface area contributed by atoms with Crippen molar-refractivity contribution >= 4 is 47.3 Å². The fraction of sp³-hybridized carbons (Fsp3) is 0.370. The molecule has 3 aliphatic rings. The molecule has 21 heteroatoms. The summed E-state index contributed by atoms with van der Waals surface area (Å²) in [4.78, 5) is 103. The second-order valence-corrected chi connectivity index (χ2v) is 15.8. The molecule has 3 heterocycles. The van der Waals surface area contributed by atoms with E-state index in [4.69, 9.17) is 23.5 Å². The molecule has 1 aliphatic carbocycles. The highest BCUT2D eigenvalue weighted by Crippen LogP contribution is 2.35. The van der Waals surface area contributed by atoms with Gasteiger partial charge in [-0.1, -0.05) is 23.4 Å². The lowest BCUT2D eigenvalue weighted by atomic mass is 10.0. The molecule has 3 aromatic carbocycles.